The predicted octanol–water partition coefficient (Wildman–Crippen LogP) is 2.33. The Balaban J connectivity index is 2.47. The Hall–Kier alpha value is -1.63. The zero-order valence-electron chi connectivity index (χ0n) is 9.54. The molecule has 0 atom stereocenters. The minimum atomic E-state index is -0.859. The van der Waals surface area contributed by atoms with Gasteiger partial charge in [-0.15, -0.1) is 11.8 Å². The van der Waals surface area contributed by atoms with Crippen molar-refractivity contribution in [1.82, 2.24) is 5.32 Å². The molecule has 0 aromatic heterocycles. The van der Waals surface area contributed by atoms with Crippen LogP contribution in [0.2, 0.25) is 0 Å². The van der Waals surface area contributed by atoms with Gasteiger partial charge in [0.05, 0.1) is 12.4 Å². The number of nitrogens with one attached hydrogen (secondary N) is 1. The number of benzene rings is 1. The van der Waals surface area contributed by atoms with Crippen LogP contribution < -0.4 is 5.32 Å². The smallest absolute Gasteiger partial charge is 0.413 e. The van der Waals surface area contributed by atoms with Crippen molar-refractivity contribution in [1.29, 1.82) is 0 Å². The average Bonchev–Trinajstić information content (AvgIpc) is 2.30. The molecule has 0 heterocycles. The van der Waals surface area contributed by atoms with Gasteiger partial charge in [0, 0.05) is 4.90 Å². The van der Waals surface area contributed by atoms with Crippen molar-refractivity contribution >= 4 is 23.8 Å². The van der Waals surface area contributed by atoms with Gasteiger partial charge in [-0.05, 0) is 25.1 Å². The molecule has 0 radical (unpaired) electrons. The Morgan fingerprint density at radius 1 is 1.39 bits per heavy atom. The van der Waals surface area contributed by atoms with Crippen LogP contribution >= 0.6 is 11.8 Å². The Morgan fingerprint density at radius 3 is 2.78 bits per heavy atom. The molecule has 0 saturated heterocycles. The van der Waals surface area contributed by atoms with Crippen LogP contribution in [0.1, 0.15) is 6.92 Å². The van der Waals surface area contributed by atoms with E-state index in [0.29, 0.717) is 0 Å². The SMILES string of the molecule is CCOC(=O)NC(=O)CSc1cc(F)ccc1F. The third-order valence-corrected chi connectivity index (χ3v) is 2.80. The van der Waals surface area contributed by atoms with Crippen molar-refractivity contribution in [3.05, 3.63) is 29.8 Å². The van der Waals surface area contributed by atoms with E-state index in [1.165, 1.54) is 0 Å². The maximum Gasteiger partial charge on any atom is 0.413 e. The number of carbonyl (C=O) groups is 2. The van der Waals surface area contributed by atoms with Crippen molar-refractivity contribution in [3.8, 4) is 0 Å². The molecule has 18 heavy (non-hydrogen) atoms. The molecule has 2 amide bonds. The van der Waals surface area contributed by atoms with E-state index in [4.69, 9.17) is 0 Å². The summed E-state index contributed by atoms with van der Waals surface area (Å²) in [6, 6.07) is 2.94. The normalized spacial score (nSPS) is 9.94. The molecule has 1 aromatic rings. The van der Waals surface area contributed by atoms with Crippen LogP contribution in [0.5, 0.6) is 0 Å². The van der Waals surface area contributed by atoms with E-state index in [9.17, 15) is 18.4 Å². The number of rotatable bonds is 4. The fourth-order valence-electron chi connectivity index (χ4n) is 1.05. The quantitative estimate of drug-likeness (QED) is 0.857. The second kappa shape index (κ2) is 6.95. The summed E-state index contributed by atoms with van der Waals surface area (Å²) < 4.78 is 30.5. The molecule has 7 heteroatoms. The van der Waals surface area contributed by atoms with Crippen LogP contribution in [0.3, 0.4) is 0 Å². The lowest BCUT2D eigenvalue weighted by Gasteiger charge is -2.04. The monoisotopic (exact) mass is 275 g/mol. The molecule has 1 rings (SSSR count). The minimum Gasteiger partial charge on any atom is -0.450 e. The van der Waals surface area contributed by atoms with Gasteiger partial charge in [-0.25, -0.2) is 13.6 Å². The van der Waals surface area contributed by atoms with Crippen molar-refractivity contribution in [3.63, 3.8) is 0 Å². The van der Waals surface area contributed by atoms with E-state index in [2.05, 4.69) is 4.74 Å². The standard InChI is InChI=1S/C11H11F2NO3S/c1-2-17-11(16)14-10(15)6-18-9-5-7(12)3-4-8(9)13/h3-5H,2,6H2,1H3,(H,14,15,16). The highest BCUT2D eigenvalue weighted by Crippen LogP contribution is 2.22. The first-order chi connectivity index (χ1) is 8.52. The molecule has 0 aliphatic carbocycles. The Labute approximate surface area is 107 Å². The number of carbonyl (C=O) groups excluding carboxylic acids is 2. The summed E-state index contributed by atoms with van der Waals surface area (Å²) in [5.41, 5.74) is 0. The summed E-state index contributed by atoms with van der Waals surface area (Å²) in [7, 11) is 0. The lowest BCUT2D eigenvalue weighted by Crippen LogP contribution is -2.32. The topological polar surface area (TPSA) is 55.4 Å². The number of hydrogen-bond acceptors (Lipinski definition) is 4. The van der Waals surface area contributed by atoms with Crippen molar-refractivity contribution in [2.75, 3.05) is 12.4 Å². The van der Waals surface area contributed by atoms with Gasteiger partial charge in [0.1, 0.15) is 11.6 Å². The van der Waals surface area contributed by atoms with Crippen molar-refractivity contribution < 1.29 is 23.1 Å². The van der Waals surface area contributed by atoms with Crippen LogP contribution in [-0.2, 0) is 9.53 Å². The lowest BCUT2D eigenvalue weighted by molar-refractivity contribution is -0.117. The van der Waals surface area contributed by atoms with Gasteiger partial charge in [-0.1, -0.05) is 0 Å². The molecule has 0 aliphatic rings. The first-order valence-electron chi connectivity index (χ1n) is 5.07. The molecule has 4 nitrogen and oxygen atoms in total. The summed E-state index contributed by atoms with van der Waals surface area (Å²) in [5, 5.41) is 1.95. The van der Waals surface area contributed by atoms with E-state index in [1.54, 1.807) is 6.92 Å². The Morgan fingerprint density at radius 2 is 2.11 bits per heavy atom. The fraction of sp³-hybridized carbons (Fsp3) is 0.273. The van der Waals surface area contributed by atoms with Crippen LogP contribution in [0.4, 0.5) is 13.6 Å². The number of ether oxygens (including phenoxy) is 1. The first-order valence-corrected chi connectivity index (χ1v) is 6.06. The highest BCUT2D eigenvalue weighted by atomic mass is 32.2. The van der Waals surface area contributed by atoms with Gasteiger partial charge in [-0.3, -0.25) is 10.1 Å². The summed E-state index contributed by atoms with van der Waals surface area (Å²) in [6.07, 6.45) is -0.859. The van der Waals surface area contributed by atoms with Crippen LogP contribution in [0.15, 0.2) is 23.1 Å². The predicted molar refractivity (Wildman–Crippen MR) is 62.2 cm³/mol. The van der Waals surface area contributed by atoms with Crippen molar-refractivity contribution in [2.45, 2.75) is 11.8 Å². The number of thioether (sulfide) groups is 1. The van der Waals surface area contributed by atoms with E-state index in [0.717, 1.165) is 30.0 Å². The summed E-state index contributed by atoms with van der Waals surface area (Å²) >= 11 is 0.795. The summed E-state index contributed by atoms with van der Waals surface area (Å²) in [4.78, 5) is 22.1. The third-order valence-electron chi connectivity index (χ3n) is 1.77. The fourth-order valence-corrected chi connectivity index (χ4v) is 1.81. The lowest BCUT2D eigenvalue weighted by atomic mass is 10.3. The van der Waals surface area contributed by atoms with Gasteiger partial charge in [-0.2, -0.15) is 0 Å². The zero-order chi connectivity index (χ0) is 13.5. The van der Waals surface area contributed by atoms with Gasteiger partial charge in [0.2, 0.25) is 5.91 Å². The highest BCUT2D eigenvalue weighted by Gasteiger charge is 2.11. The van der Waals surface area contributed by atoms with E-state index < -0.39 is 23.6 Å². The Kier molecular flexibility index (Phi) is 5.57. The molecule has 1 aromatic carbocycles. The number of alkyl carbamates (subject to hydrolysis) is 1. The van der Waals surface area contributed by atoms with Crippen molar-refractivity contribution in [2.24, 2.45) is 0 Å². The molecule has 0 bridgehead atoms. The largest absolute Gasteiger partial charge is 0.450 e. The number of halogens is 2. The molecule has 0 spiro atoms. The second-order valence-corrected chi connectivity index (χ2v) is 4.15. The van der Waals surface area contributed by atoms with E-state index >= 15 is 0 Å². The summed E-state index contributed by atoms with van der Waals surface area (Å²) in [5.74, 6) is -2.06. The second-order valence-electron chi connectivity index (χ2n) is 3.13. The zero-order valence-corrected chi connectivity index (χ0v) is 10.4. The first kappa shape index (κ1) is 14.4. The highest BCUT2D eigenvalue weighted by molar-refractivity contribution is 8.00. The molecule has 1 N–H and O–H groups in total. The molecule has 0 saturated carbocycles. The van der Waals surface area contributed by atoms with Crippen LogP contribution in [0, 0.1) is 11.6 Å². The third kappa shape index (κ3) is 4.70. The van der Waals surface area contributed by atoms with Gasteiger partial charge in [0.15, 0.2) is 0 Å². The molecule has 0 aliphatic heterocycles. The number of hydrogen-bond donors (Lipinski definition) is 1. The molecule has 0 unspecified atom stereocenters. The molecule has 98 valence electrons. The number of imide groups is 1. The Bertz CT molecular complexity index is 454. The molecule has 0 fully saturated rings. The maximum absolute atomic E-state index is 13.2. The number of amides is 2. The molecular weight excluding hydrogens is 264 g/mol. The maximum atomic E-state index is 13.2. The van der Waals surface area contributed by atoms with Gasteiger partial charge < -0.3 is 4.74 Å². The van der Waals surface area contributed by atoms with Gasteiger partial charge in [0.25, 0.3) is 0 Å². The minimum absolute atomic E-state index is 0.00834. The summed E-state index contributed by atoms with van der Waals surface area (Å²) in [6.45, 7) is 1.74. The average molecular weight is 275 g/mol. The van der Waals surface area contributed by atoms with E-state index in [-0.39, 0.29) is 17.3 Å². The van der Waals surface area contributed by atoms with Crippen LogP contribution in [0.25, 0.3) is 0 Å². The van der Waals surface area contributed by atoms with E-state index in [1.807, 2.05) is 5.32 Å². The van der Waals surface area contributed by atoms with Crippen LogP contribution in [-0.4, -0.2) is 24.4 Å². The molecular formula is C11H11F2NO3S. The van der Waals surface area contributed by atoms with Gasteiger partial charge >= 0.3 is 6.09 Å².